The number of amides is 1. The van der Waals surface area contributed by atoms with Crippen LogP contribution in [0.15, 0.2) is 72.8 Å². The Labute approximate surface area is 167 Å². The number of hydrogen-bond donors (Lipinski definition) is 1. The van der Waals surface area contributed by atoms with Crippen LogP contribution < -0.4 is 5.32 Å². The fraction of sp³-hybridized carbons (Fsp3) is 0.200. The molecule has 0 aliphatic heterocycles. The van der Waals surface area contributed by atoms with Crippen LogP contribution in [-0.2, 0) is 16.1 Å². The van der Waals surface area contributed by atoms with E-state index in [2.05, 4.69) is 11.3 Å². The van der Waals surface area contributed by atoms with E-state index in [1.165, 1.54) is 42.5 Å². The number of carbonyl (C=O) groups excluding carboxylic acids is 2. The second-order valence-corrected chi connectivity index (χ2v) is 6.11. The second-order valence-electron chi connectivity index (χ2n) is 6.11. The Morgan fingerprint density at radius 1 is 0.833 bits per heavy atom. The first-order chi connectivity index (χ1) is 13.9. The number of rotatable bonds is 6. The molecule has 0 heterocycles. The monoisotopic (exact) mass is 431 g/mol. The highest BCUT2D eigenvalue weighted by atomic mass is 19.4. The maximum absolute atomic E-state index is 13.7. The fourth-order valence-corrected chi connectivity index (χ4v) is 2.52. The van der Waals surface area contributed by atoms with E-state index >= 15 is 0 Å². The van der Waals surface area contributed by atoms with Gasteiger partial charge in [-0.05, 0) is 17.7 Å². The van der Waals surface area contributed by atoms with Crippen LogP contribution in [0.1, 0.15) is 15.9 Å². The lowest BCUT2D eigenvalue weighted by molar-refractivity contribution is -0.291. The van der Waals surface area contributed by atoms with Crippen molar-refractivity contribution in [2.75, 3.05) is 0 Å². The third-order valence-corrected chi connectivity index (χ3v) is 4.10. The van der Waals surface area contributed by atoms with E-state index < -0.39 is 47.5 Å². The first-order valence-electron chi connectivity index (χ1n) is 8.31. The molecule has 4 nitrogen and oxygen atoms in total. The van der Waals surface area contributed by atoms with Gasteiger partial charge in [-0.25, -0.2) is 4.79 Å². The van der Waals surface area contributed by atoms with Crippen molar-refractivity contribution in [3.8, 4) is 0 Å². The Morgan fingerprint density at radius 2 is 1.30 bits per heavy atom. The molecule has 0 fully saturated rings. The molecule has 160 valence electrons. The number of carbonyl (C=O) groups is 2. The van der Waals surface area contributed by atoms with Crippen molar-refractivity contribution in [3.63, 3.8) is 0 Å². The highest BCUT2D eigenvalue weighted by Crippen LogP contribution is 2.47. The molecule has 0 spiro atoms. The van der Waals surface area contributed by atoms with Gasteiger partial charge in [0.15, 0.2) is 0 Å². The third-order valence-electron chi connectivity index (χ3n) is 4.10. The van der Waals surface area contributed by atoms with Crippen LogP contribution in [0.5, 0.6) is 0 Å². The van der Waals surface area contributed by atoms with E-state index in [0.717, 1.165) is 17.4 Å². The van der Waals surface area contributed by atoms with Crippen molar-refractivity contribution in [3.05, 3.63) is 83.9 Å². The first-order valence-corrected chi connectivity index (χ1v) is 8.31. The minimum Gasteiger partial charge on any atom is -0.457 e. The molecular formula is C20H15F6NO3. The zero-order valence-corrected chi connectivity index (χ0v) is 15.2. The predicted octanol–water partition coefficient (Wildman–Crippen LogP) is 4.58. The van der Waals surface area contributed by atoms with Gasteiger partial charge in [-0.1, -0.05) is 55.1 Å². The molecule has 0 saturated carbocycles. The Bertz CT molecular complexity index is 894. The Hall–Kier alpha value is -3.30. The summed E-state index contributed by atoms with van der Waals surface area (Å²) in [5.74, 6) is -3.65. The maximum atomic E-state index is 13.7. The molecule has 0 unspecified atom stereocenters. The van der Waals surface area contributed by atoms with Crippen molar-refractivity contribution in [1.82, 2.24) is 5.32 Å². The maximum Gasteiger partial charge on any atom is 0.425 e. The van der Waals surface area contributed by atoms with Crippen molar-refractivity contribution >= 4 is 11.9 Å². The predicted molar refractivity (Wildman–Crippen MR) is 94.1 cm³/mol. The van der Waals surface area contributed by atoms with Crippen molar-refractivity contribution in [2.45, 2.75) is 24.5 Å². The van der Waals surface area contributed by atoms with Crippen LogP contribution >= 0.6 is 0 Å². The summed E-state index contributed by atoms with van der Waals surface area (Å²) < 4.78 is 86.9. The van der Waals surface area contributed by atoms with Gasteiger partial charge in [0.05, 0.1) is 5.57 Å². The molecule has 10 heteroatoms. The molecule has 0 aliphatic rings. The van der Waals surface area contributed by atoms with E-state index in [0.29, 0.717) is 5.56 Å². The molecule has 1 amide bonds. The minimum atomic E-state index is -6.14. The molecule has 0 saturated heterocycles. The van der Waals surface area contributed by atoms with E-state index in [-0.39, 0.29) is 0 Å². The van der Waals surface area contributed by atoms with Crippen LogP contribution in [0.25, 0.3) is 0 Å². The second kappa shape index (κ2) is 8.60. The van der Waals surface area contributed by atoms with Crippen LogP contribution in [0.3, 0.4) is 0 Å². The van der Waals surface area contributed by atoms with Gasteiger partial charge in [-0.3, -0.25) is 4.79 Å². The number of hydrogen-bond acceptors (Lipinski definition) is 3. The van der Waals surface area contributed by atoms with Crippen molar-refractivity contribution in [1.29, 1.82) is 0 Å². The number of halogens is 6. The summed E-state index contributed by atoms with van der Waals surface area (Å²) in [5, 5.41) is 0.916. The summed E-state index contributed by atoms with van der Waals surface area (Å²) in [5.41, 5.74) is -7.19. The van der Waals surface area contributed by atoms with Gasteiger partial charge < -0.3 is 10.1 Å². The normalized spacial score (nSPS) is 12.2. The number of esters is 1. The van der Waals surface area contributed by atoms with Gasteiger partial charge in [0.25, 0.3) is 11.4 Å². The zero-order chi connectivity index (χ0) is 22.6. The number of nitrogens with one attached hydrogen (secondary N) is 1. The quantitative estimate of drug-likeness (QED) is 0.414. The van der Waals surface area contributed by atoms with Gasteiger partial charge in [-0.2, -0.15) is 26.3 Å². The van der Waals surface area contributed by atoms with Gasteiger partial charge in [0.2, 0.25) is 0 Å². The molecule has 2 aromatic rings. The summed E-state index contributed by atoms with van der Waals surface area (Å²) >= 11 is 0. The largest absolute Gasteiger partial charge is 0.457 e. The highest BCUT2D eigenvalue weighted by Gasteiger charge is 2.75. The molecule has 0 atom stereocenters. The molecular weight excluding hydrogens is 416 g/mol. The molecule has 0 radical (unpaired) electrons. The summed E-state index contributed by atoms with van der Waals surface area (Å²) in [6.45, 7) is 2.10. The smallest absolute Gasteiger partial charge is 0.425 e. The summed E-state index contributed by atoms with van der Waals surface area (Å²) in [6.07, 6.45) is -12.3. The Kier molecular flexibility index (Phi) is 6.59. The topological polar surface area (TPSA) is 55.4 Å². The van der Waals surface area contributed by atoms with E-state index in [9.17, 15) is 35.9 Å². The molecule has 0 aromatic heterocycles. The third kappa shape index (κ3) is 4.64. The average Bonchev–Trinajstić information content (AvgIpc) is 2.69. The SMILES string of the molecule is C=C(C(=O)OCc1ccccc1)C(NC(=O)c1ccccc1)(C(F)(F)F)C(F)(F)F. The number of benzene rings is 2. The molecule has 2 aromatic carbocycles. The van der Waals surface area contributed by atoms with Gasteiger partial charge in [-0.15, -0.1) is 0 Å². The summed E-state index contributed by atoms with van der Waals surface area (Å²) in [4.78, 5) is 24.3. The van der Waals surface area contributed by atoms with E-state index in [1.807, 2.05) is 0 Å². The standard InChI is InChI=1S/C20H15F6NO3/c1-13(17(29)30-12-14-8-4-2-5-9-14)18(19(21,22)23,20(24,25)26)27-16(28)15-10-6-3-7-11-15/h2-11H,1,12H2,(H,27,28). The average molecular weight is 431 g/mol. The summed E-state index contributed by atoms with van der Waals surface area (Å²) in [6, 6.07) is 13.5. The van der Waals surface area contributed by atoms with Crippen LogP contribution in [0.2, 0.25) is 0 Å². The molecule has 30 heavy (non-hydrogen) atoms. The van der Waals surface area contributed by atoms with Gasteiger partial charge >= 0.3 is 18.3 Å². The number of ether oxygens (including phenoxy) is 1. The van der Waals surface area contributed by atoms with Crippen LogP contribution in [-0.4, -0.2) is 29.8 Å². The van der Waals surface area contributed by atoms with Crippen LogP contribution in [0.4, 0.5) is 26.3 Å². The lowest BCUT2D eigenvalue weighted by Gasteiger charge is -2.38. The van der Waals surface area contributed by atoms with Gasteiger partial charge in [0.1, 0.15) is 6.61 Å². The fourth-order valence-electron chi connectivity index (χ4n) is 2.52. The first kappa shape index (κ1) is 23.0. The Morgan fingerprint density at radius 3 is 1.77 bits per heavy atom. The molecule has 0 bridgehead atoms. The van der Waals surface area contributed by atoms with E-state index in [4.69, 9.17) is 0 Å². The highest BCUT2D eigenvalue weighted by molar-refractivity contribution is 5.98. The molecule has 2 rings (SSSR count). The van der Waals surface area contributed by atoms with Crippen LogP contribution in [0, 0.1) is 0 Å². The summed E-state index contributed by atoms with van der Waals surface area (Å²) in [7, 11) is 0. The van der Waals surface area contributed by atoms with E-state index in [1.54, 1.807) is 6.07 Å². The lowest BCUT2D eigenvalue weighted by atomic mass is 9.88. The molecule has 0 aliphatic carbocycles. The number of alkyl halides is 6. The minimum absolute atomic E-state index is 0.330. The molecule has 1 N–H and O–H groups in total. The Balaban J connectivity index is 2.40. The zero-order valence-electron chi connectivity index (χ0n) is 15.2. The van der Waals surface area contributed by atoms with Crippen molar-refractivity contribution in [2.24, 2.45) is 0 Å². The van der Waals surface area contributed by atoms with Crippen molar-refractivity contribution < 1.29 is 40.7 Å². The van der Waals surface area contributed by atoms with Gasteiger partial charge in [0, 0.05) is 5.56 Å². The lowest BCUT2D eigenvalue weighted by Crippen LogP contribution is -2.69.